The number of aryl methyl sites for hydroxylation is 1. The van der Waals surface area contributed by atoms with Gasteiger partial charge in [0.2, 0.25) is 0 Å². The molecule has 86 valence electrons. The SMILES string of the molecule is CCc1ccc(Cc2ccc(C=O)cc2)nc1. The van der Waals surface area contributed by atoms with Crippen molar-refractivity contribution in [3.05, 3.63) is 65.0 Å². The molecule has 0 aliphatic rings. The van der Waals surface area contributed by atoms with Crippen LogP contribution in [0.5, 0.6) is 0 Å². The van der Waals surface area contributed by atoms with Crippen molar-refractivity contribution in [1.29, 1.82) is 0 Å². The van der Waals surface area contributed by atoms with E-state index in [1.54, 1.807) is 0 Å². The second-order valence-corrected chi connectivity index (χ2v) is 4.05. The molecule has 2 nitrogen and oxygen atoms in total. The van der Waals surface area contributed by atoms with Crippen LogP contribution < -0.4 is 0 Å². The highest BCUT2D eigenvalue weighted by Crippen LogP contribution is 2.09. The third-order valence-corrected chi connectivity index (χ3v) is 2.80. The minimum absolute atomic E-state index is 0.711. The lowest BCUT2D eigenvalue weighted by Crippen LogP contribution is -1.93. The molecule has 0 amide bonds. The fourth-order valence-corrected chi connectivity index (χ4v) is 1.69. The van der Waals surface area contributed by atoms with E-state index in [-0.39, 0.29) is 0 Å². The maximum Gasteiger partial charge on any atom is 0.150 e. The van der Waals surface area contributed by atoms with Gasteiger partial charge in [0, 0.05) is 23.9 Å². The van der Waals surface area contributed by atoms with Crippen molar-refractivity contribution in [1.82, 2.24) is 4.98 Å². The zero-order valence-corrected chi connectivity index (χ0v) is 9.89. The van der Waals surface area contributed by atoms with Crippen molar-refractivity contribution in [3.63, 3.8) is 0 Å². The first-order valence-corrected chi connectivity index (χ1v) is 5.79. The van der Waals surface area contributed by atoms with E-state index in [0.717, 1.165) is 24.8 Å². The molecule has 0 aliphatic carbocycles. The molecule has 2 aromatic rings. The van der Waals surface area contributed by atoms with Crippen LogP contribution >= 0.6 is 0 Å². The van der Waals surface area contributed by atoms with Gasteiger partial charge in [-0.15, -0.1) is 0 Å². The number of carbonyl (C=O) groups excluding carboxylic acids is 1. The normalized spacial score (nSPS) is 10.2. The molecule has 1 aromatic heterocycles. The van der Waals surface area contributed by atoms with Gasteiger partial charge >= 0.3 is 0 Å². The van der Waals surface area contributed by atoms with Gasteiger partial charge in [0.05, 0.1) is 0 Å². The van der Waals surface area contributed by atoms with E-state index in [1.165, 1.54) is 11.1 Å². The number of pyridine rings is 1. The van der Waals surface area contributed by atoms with Gasteiger partial charge in [-0.25, -0.2) is 0 Å². The van der Waals surface area contributed by atoms with Gasteiger partial charge in [0.1, 0.15) is 6.29 Å². The van der Waals surface area contributed by atoms with E-state index in [2.05, 4.69) is 24.0 Å². The van der Waals surface area contributed by atoms with Crippen molar-refractivity contribution in [2.24, 2.45) is 0 Å². The minimum Gasteiger partial charge on any atom is -0.298 e. The van der Waals surface area contributed by atoms with Crippen molar-refractivity contribution < 1.29 is 4.79 Å². The lowest BCUT2D eigenvalue weighted by molar-refractivity contribution is 0.112. The summed E-state index contributed by atoms with van der Waals surface area (Å²) in [5.74, 6) is 0. The second-order valence-electron chi connectivity index (χ2n) is 4.05. The first-order valence-electron chi connectivity index (χ1n) is 5.79. The zero-order chi connectivity index (χ0) is 12.1. The molecular weight excluding hydrogens is 210 g/mol. The van der Waals surface area contributed by atoms with Crippen LogP contribution in [0.1, 0.15) is 34.1 Å². The predicted octanol–water partition coefficient (Wildman–Crippen LogP) is 3.05. The summed E-state index contributed by atoms with van der Waals surface area (Å²) in [7, 11) is 0. The van der Waals surface area contributed by atoms with Crippen LogP contribution in [0.15, 0.2) is 42.6 Å². The molecule has 17 heavy (non-hydrogen) atoms. The van der Waals surface area contributed by atoms with Gasteiger partial charge in [-0.05, 0) is 23.6 Å². The maximum atomic E-state index is 10.5. The fourth-order valence-electron chi connectivity index (χ4n) is 1.69. The van der Waals surface area contributed by atoms with E-state index in [0.29, 0.717) is 5.56 Å². The Hall–Kier alpha value is -1.96. The Morgan fingerprint density at radius 2 is 1.76 bits per heavy atom. The number of nitrogens with zero attached hydrogens (tertiary/aromatic N) is 1. The summed E-state index contributed by atoms with van der Waals surface area (Å²) in [6.07, 6.45) is 4.61. The molecule has 0 radical (unpaired) electrons. The van der Waals surface area contributed by atoms with Crippen LogP contribution in [-0.2, 0) is 12.8 Å². The van der Waals surface area contributed by atoms with Gasteiger partial charge in [-0.3, -0.25) is 9.78 Å². The first-order chi connectivity index (χ1) is 8.31. The van der Waals surface area contributed by atoms with Gasteiger partial charge in [0.25, 0.3) is 0 Å². The highest BCUT2D eigenvalue weighted by molar-refractivity contribution is 5.74. The summed E-state index contributed by atoms with van der Waals surface area (Å²) in [4.78, 5) is 15.0. The Bertz CT molecular complexity index is 485. The summed E-state index contributed by atoms with van der Waals surface area (Å²) in [6, 6.07) is 11.8. The minimum atomic E-state index is 0.711. The van der Waals surface area contributed by atoms with Gasteiger partial charge in [-0.1, -0.05) is 37.3 Å². The van der Waals surface area contributed by atoms with Gasteiger partial charge in [0.15, 0.2) is 0 Å². The third kappa shape index (κ3) is 3.00. The molecule has 0 spiro atoms. The number of aromatic nitrogens is 1. The standard InChI is InChI=1S/C15H15NO/c1-2-12-7-8-15(16-10-12)9-13-3-5-14(11-17)6-4-13/h3-8,10-11H,2,9H2,1H3. The van der Waals surface area contributed by atoms with Crippen LogP contribution in [0.3, 0.4) is 0 Å². The Kier molecular flexibility index (Phi) is 3.66. The summed E-state index contributed by atoms with van der Waals surface area (Å²) < 4.78 is 0. The molecule has 0 N–H and O–H groups in total. The van der Waals surface area contributed by atoms with E-state index in [4.69, 9.17) is 0 Å². The van der Waals surface area contributed by atoms with Crippen LogP contribution in [0, 0.1) is 0 Å². The zero-order valence-electron chi connectivity index (χ0n) is 9.89. The largest absolute Gasteiger partial charge is 0.298 e. The Balaban J connectivity index is 2.10. The Morgan fingerprint density at radius 1 is 1.06 bits per heavy atom. The highest BCUT2D eigenvalue weighted by Gasteiger charge is 1.98. The molecule has 0 atom stereocenters. The van der Waals surface area contributed by atoms with Crippen molar-refractivity contribution >= 4 is 6.29 Å². The summed E-state index contributed by atoms with van der Waals surface area (Å²) >= 11 is 0. The number of rotatable bonds is 4. The molecule has 0 saturated carbocycles. The van der Waals surface area contributed by atoms with Gasteiger partial charge in [-0.2, -0.15) is 0 Å². The van der Waals surface area contributed by atoms with Crippen LogP contribution in [0.4, 0.5) is 0 Å². The molecule has 0 saturated heterocycles. The highest BCUT2D eigenvalue weighted by atomic mass is 16.1. The average molecular weight is 225 g/mol. The molecule has 1 aromatic carbocycles. The number of aldehydes is 1. The van der Waals surface area contributed by atoms with Crippen molar-refractivity contribution in [2.75, 3.05) is 0 Å². The van der Waals surface area contributed by atoms with Crippen molar-refractivity contribution in [2.45, 2.75) is 19.8 Å². The summed E-state index contributed by atoms with van der Waals surface area (Å²) in [5, 5.41) is 0. The lowest BCUT2D eigenvalue weighted by Gasteiger charge is -2.02. The van der Waals surface area contributed by atoms with Gasteiger partial charge < -0.3 is 0 Å². The lowest BCUT2D eigenvalue weighted by atomic mass is 10.1. The van der Waals surface area contributed by atoms with E-state index < -0.39 is 0 Å². The topological polar surface area (TPSA) is 30.0 Å². The molecule has 0 aliphatic heterocycles. The number of hydrogen-bond acceptors (Lipinski definition) is 2. The first kappa shape index (κ1) is 11.5. The number of hydrogen-bond donors (Lipinski definition) is 0. The predicted molar refractivity (Wildman–Crippen MR) is 68.3 cm³/mol. The molecule has 0 fully saturated rings. The maximum absolute atomic E-state index is 10.5. The van der Waals surface area contributed by atoms with Crippen LogP contribution in [-0.4, -0.2) is 11.3 Å². The molecule has 0 unspecified atom stereocenters. The smallest absolute Gasteiger partial charge is 0.150 e. The molecular formula is C15H15NO. The van der Waals surface area contributed by atoms with E-state index in [1.807, 2.05) is 30.5 Å². The van der Waals surface area contributed by atoms with Crippen LogP contribution in [0.25, 0.3) is 0 Å². The second kappa shape index (κ2) is 5.39. The average Bonchev–Trinajstić information content (AvgIpc) is 2.40. The number of benzene rings is 1. The Morgan fingerprint density at radius 3 is 2.29 bits per heavy atom. The fraction of sp³-hybridized carbons (Fsp3) is 0.200. The molecule has 1 heterocycles. The third-order valence-electron chi connectivity index (χ3n) is 2.80. The van der Waals surface area contributed by atoms with Crippen molar-refractivity contribution in [3.8, 4) is 0 Å². The number of carbonyl (C=O) groups is 1. The summed E-state index contributed by atoms with van der Waals surface area (Å²) in [6.45, 7) is 2.12. The van der Waals surface area contributed by atoms with E-state index >= 15 is 0 Å². The monoisotopic (exact) mass is 225 g/mol. The van der Waals surface area contributed by atoms with E-state index in [9.17, 15) is 4.79 Å². The molecule has 2 heteroatoms. The molecule has 0 bridgehead atoms. The Labute approximate surface area is 101 Å². The molecule has 2 rings (SSSR count). The summed E-state index contributed by atoms with van der Waals surface area (Å²) in [5.41, 5.74) is 4.20. The van der Waals surface area contributed by atoms with Crippen LogP contribution in [0.2, 0.25) is 0 Å². The quantitative estimate of drug-likeness (QED) is 0.748.